The lowest BCUT2D eigenvalue weighted by Gasteiger charge is -2.08. The van der Waals surface area contributed by atoms with Crippen LogP contribution < -0.4 is 5.56 Å². The van der Waals surface area contributed by atoms with Gasteiger partial charge in [-0.2, -0.15) is 0 Å². The van der Waals surface area contributed by atoms with E-state index in [-0.39, 0.29) is 5.56 Å². The zero-order valence-electron chi connectivity index (χ0n) is 11.4. The predicted octanol–water partition coefficient (Wildman–Crippen LogP) is 2.85. The molecule has 3 nitrogen and oxygen atoms in total. The van der Waals surface area contributed by atoms with Crippen molar-refractivity contribution in [1.29, 1.82) is 0 Å². The molecule has 1 aliphatic carbocycles. The minimum atomic E-state index is 0.0542. The van der Waals surface area contributed by atoms with E-state index < -0.39 is 0 Å². The third kappa shape index (κ3) is 2.46. The lowest BCUT2D eigenvalue weighted by Crippen LogP contribution is -2.18. The van der Waals surface area contributed by atoms with Crippen molar-refractivity contribution in [3.63, 3.8) is 0 Å². The highest BCUT2D eigenvalue weighted by Gasteiger charge is 2.28. The summed E-state index contributed by atoms with van der Waals surface area (Å²) in [5, 5.41) is 0. The standard InChI is InChI=1S/C16H18N2O/c1-10-5-3-4-6-13(10)9-14-17-11(2)15(12-7-8-12)16(19)18-14/h3-6,12H,7-9H2,1-2H3,(H,17,18,19). The fourth-order valence-corrected chi connectivity index (χ4v) is 2.58. The SMILES string of the molecule is Cc1ccccc1Cc1nc(C)c(C2CC2)c(=O)[nH]1. The van der Waals surface area contributed by atoms with Crippen LogP contribution in [0.3, 0.4) is 0 Å². The molecule has 98 valence electrons. The molecule has 1 aromatic carbocycles. The maximum Gasteiger partial charge on any atom is 0.254 e. The van der Waals surface area contributed by atoms with Crippen LogP contribution in [0.5, 0.6) is 0 Å². The first-order chi connectivity index (χ1) is 9.15. The molecule has 0 aliphatic heterocycles. The van der Waals surface area contributed by atoms with E-state index in [4.69, 9.17) is 0 Å². The zero-order valence-corrected chi connectivity index (χ0v) is 11.4. The molecule has 0 amide bonds. The van der Waals surface area contributed by atoms with Crippen LogP contribution in [0.4, 0.5) is 0 Å². The molecular weight excluding hydrogens is 236 g/mol. The zero-order chi connectivity index (χ0) is 13.4. The molecular formula is C16H18N2O. The topological polar surface area (TPSA) is 45.8 Å². The Morgan fingerprint density at radius 1 is 1.26 bits per heavy atom. The number of aromatic nitrogens is 2. The minimum Gasteiger partial charge on any atom is -0.310 e. The first-order valence-electron chi connectivity index (χ1n) is 6.79. The lowest BCUT2D eigenvalue weighted by atomic mass is 10.1. The molecule has 1 fully saturated rings. The average molecular weight is 254 g/mol. The van der Waals surface area contributed by atoms with Crippen LogP contribution in [0.25, 0.3) is 0 Å². The number of nitrogens with one attached hydrogen (secondary N) is 1. The van der Waals surface area contributed by atoms with Gasteiger partial charge in [-0.05, 0) is 43.7 Å². The molecule has 0 atom stereocenters. The summed E-state index contributed by atoms with van der Waals surface area (Å²) in [5.74, 6) is 1.21. The quantitative estimate of drug-likeness (QED) is 0.915. The van der Waals surface area contributed by atoms with E-state index in [1.54, 1.807) is 0 Å². The van der Waals surface area contributed by atoms with Crippen LogP contribution in [0.2, 0.25) is 0 Å². The van der Waals surface area contributed by atoms with Crippen LogP contribution in [0.1, 0.15) is 47.0 Å². The third-order valence-electron chi connectivity index (χ3n) is 3.80. The molecule has 1 aliphatic rings. The Morgan fingerprint density at radius 2 is 2.00 bits per heavy atom. The fourth-order valence-electron chi connectivity index (χ4n) is 2.58. The summed E-state index contributed by atoms with van der Waals surface area (Å²) in [7, 11) is 0. The van der Waals surface area contributed by atoms with Gasteiger partial charge in [0, 0.05) is 17.7 Å². The fraction of sp³-hybridized carbons (Fsp3) is 0.375. The number of aromatic amines is 1. The van der Waals surface area contributed by atoms with Gasteiger partial charge in [-0.25, -0.2) is 4.98 Å². The normalized spacial score (nSPS) is 14.6. The van der Waals surface area contributed by atoms with E-state index >= 15 is 0 Å². The van der Waals surface area contributed by atoms with Crippen molar-refractivity contribution in [2.45, 2.75) is 39.0 Å². The molecule has 1 heterocycles. The number of rotatable bonds is 3. The van der Waals surface area contributed by atoms with E-state index in [0.29, 0.717) is 12.3 Å². The highest BCUT2D eigenvalue weighted by molar-refractivity contribution is 5.30. The van der Waals surface area contributed by atoms with Gasteiger partial charge < -0.3 is 4.98 Å². The van der Waals surface area contributed by atoms with Gasteiger partial charge in [0.15, 0.2) is 0 Å². The van der Waals surface area contributed by atoms with Gasteiger partial charge in [0.05, 0.1) is 0 Å². The second-order valence-corrected chi connectivity index (χ2v) is 5.39. The number of benzene rings is 1. The molecule has 3 heteroatoms. The van der Waals surface area contributed by atoms with Crippen molar-refractivity contribution in [3.8, 4) is 0 Å². The van der Waals surface area contributed by atoms with E-state index in [9.17, 15) is 4.79 Å². The van der Waals surface area contributed by atoms with E-state index in [1.165, 1.54) is 11.1 Å². The highest BCUT2D eigenvalue weighted by Crippen LogP contribution is 2.39. The maximum absolute atomic E-state index is 12.1. The monoisotopic (exact) mass is 254 g/mol. The molecule has 0 saturated heterocycles. The second-order valence-electron chi connectivity index (χ2n) is 5.39. The highest BCUT2D eigenvalue weighted by atomic mass is 16.1. The lowest BCUT2D eigenvalue weighted by molar-refractivity contribution is 0.872. The largest absolute Gasteiger partial charge is 0.310 e. The number of aryl methyl sites for hydroxylation is 2. The Labute approximate surface area is 112 Å². The Bertz CT molecular complexity index is 669. The Kier molecular flexibility index (Phi) is 2.97. The summed E-state index contributed by atoms with van der Waals surface area (Å²) in [6.07, 6.45) is 2.94. The summed E-state index contributed by atoms with van der Waals surface area (Å²) >= 11 is 0. The summed E-state index contributed by atoms with van der Waals surface area (Å²) < 4.78 is 0. The first kappa shape index (κ1) is 12.2. The number of hydrogen-bond donors (Lipinski definition) is 1. The molecule has 0 unspecified atom stereocenters. The van der Waals surface area contributed by atoms with Crippen molar-refractivity contribution in [3.05, 3.63) is 62.8 Å². The average Bonchev–Trinajstić information content (AvgIpc) is 3.16. The molecule has 1 N–H and O–H groups in total. The van der Waals surface area contributed by atoms with Crippen LogP contribution in [0, 0.1) is 13.8 Å². The van der Waals surface area contributed by atoms with Crippen molar-refractivity contribution >= 4 is 0 Å². The van der Waals surface area contributed by atoms with Gasteiger partial charge in [-0.15, -0.1) is 0 Å². The van der Waals surface area contributed by atoms with E-state index in [0.717, 1.165) is 29.9 Å². The maximum atomic E-state index is 12.1. The van der Waals surface area contributed by atoms with Gasteiger partial charge in [0.25, 0.3) is 5.56 Å². The van der Waals surface area contributed by atoms with E-state index in [2.05, 4.69) is 29.0 Å². The molecule has 0 radical (unpaired) electrons. The van der Waals surface area contributed by atoms with E-state index in [1.807, 2.05) is 19.1 Å². The smallest absolute Gasteiger partial charge is 0.254 e. The van der Waals surface area contributed by atoms with Crippen LogP contribution in [-0.4, -0.2) is 9.97 Å². The van der Waals surface area contributed by atoms with Crippen LogP contribution >= 0.6 is 0 Å². The van der Waals surface area contributed by atoms with Crippen LogP contribution in [0.15, 0.2) is 29.1 Å². The summed E-state index contributed by atoms with van der Waals surface area (Å²) in [6.45, 7) is 4.03. The number of H-pyrrole nitrogens is 1. The number of nitrogens with zero attached hydrogens (tertiary/aromatic N) is 1. The molecule has 1 saturated carbocycles. The minimum absolute atomic E-state index is 0.0542. The van der Waals surface area contributed by atoms with Crippen molar-refractivity contribution in [1.82, 2.24) is 9.97 Å². The van der Waals surface area contributed by atoms with Gasteiger partial charge in [0.2, 0.25) is 0 Å². The first-order valence-corrected chi connectivity index (χ1v) is 6.79. The van der Waals surface area contributed by atoms with Crippen LogP contribution in [-0.2, 0) is 6.42 Å². The summed E-state index contributed by atoms with van der Waals surface area (Å²) in [6, 6.07) is 8.21. The Morgan fingerprint density at radius 3 is 2.63 bits per heavy atom. The molecule has 1 aromatic heterocycles. The van der Waals surface area contributed by atoms with Crippen molar-refractivity contribution in [2.75, 3.05) is 0 Å². The van der Waals surface area contributed by atoms with Gasteiger partial charge >= 0.3 is 0 Å². The Hall–Kier alpha value is -1.90. The molecule has 0 bridgehead atoms. The molecule has 0 spiro atoms. The molecule has 2 aromatic rings. The Balaban J connectivity index is 1.94. The summed E-state index contributed by atoms with van der Waals surface area (Å²) in [5.41, 5.74) is 4.29. The number of hydrogen-bond acceptors (Lipinski definition) is 2. The molecule has 19 heavy (non-hydrogen) atoms. The predicted molar refractivity (Wildman–Crippen MR) is 75.6 cm³/mol. The third-order valence-corrected chi connectivity index (χ3v) is 3.80. The second kappa shape index (κ2) is 4.65. The van der Waals surface area contributed by atoms with Crippen molar-refractivity contribution in [2.24, 2.45) is 0 Å². The summed E-state index contributed by atoms with van der Waals surface area (Å²) in [4.78, 5) is 19.6. The van der Waals surface area contributed by atoms with Gasteiger partial charge in [-0.1, -0.05) is 24.3 Å². The van der Waals surface area contributed by atoms with Gasteiger partial charge in [-0.3, -0.25) is 4.79 Å². The van der Waals surface area contributed by atoms with Gasteiger partial charge in [0.1, 0.15) is 5.82 Å². The van der Waals surface area contributed by atoms with Crippen molar-refractivity contribution < 1.29 is 0 Å². The molecule has 3 rings (SSSR count).